The molecule has 1 aromatic carbocycles. The third kappa shape index (κ3) is 6.24. The molecule has 0 saturated carbocycles. The van der Waals surface area contributed by atoms with Crippen LogP contribution in [-0.2, 0) is 10.2 Å². The van der Waals surface area contributed by atoms with Crippen LogP contribution >= 0.6 is 11.6 Å². The van der Waals surface area contributed by atoms with Crippen molar-refractivity contribution in [2.24, 2.45) is 16.0 Å². The number of anilines is 1. The molecule has 0 aliphatic rings. The summed E-state index contributed by atoms with van der Waals surface area (Å²) in [5.41, 5.74) is 1.41. The zero-order chi connectivity index (χ0) is 20.0. The van der Waals surface area contributed by atoms with Crippen molar-refractivity contribution in [2.45, 2.75) is 20.3 Å². The third-order valence-corrected chi connectivity index (χ3v) is 4.58. The maximum Gasteiger partial charge on any atom is 0.274 e. The Hall–Kier alpha value is -2.08. The highest BCUT2D eigenvalue weighted by molar-refractivity contribution is 7.87. The van der Waals surface area contributed by atoms with E-state index in [1.54, 1.807) is 0 Å². The molecular weight excluding hydrogens is 399 g/mol. The molecule has 148 valence electrons. The van der Waals surface area contributed by atoms with Gasteiger partial charge in [0.2, 0.25) is 0 Å². The summed E-state index contributed by atoms with van der Waals surface area (Å²) in [5, 5.41) is 15.4. The Bertz CT molecular complexity index is 918. The minimum atomic E-state index is -3.77. The van der Waals surface area contributed by atoms with Crippen LogP contribution in [-0.4, -0.2) is 37.5 Å². The van der Waals surface area contributed by atoms with Crippen molar-refractivity contribution in [3.63, 3.8) is 0 Å². The van der Waals surface area contributed by atoms with Gasteiger partial charge in [-0.15, -0.1) is 0 Å². The number of nitrogens with two attached hydrogens (primary N) is 1. The number of rotatable bonds is 9. The molecule has 9 nitrogen and oxygen atoms in total. The van der Waals surface area contributed by atoms with Gasteiger partial charge in [-0.1, -0.05) is 25.4 Å². The smallest absolute Gasteiger partial charge is 0.274 e. The van der Waals surface area contributed by atoms with Crippen molar-refractivity contribution in [3.8, 4) is 0 Å². The zero-order valence-corrected chi connectivity index (χ0v) is 16.3. The van der Waals surface area contributed by atoms with Crippen LogP contribution in [0, 0.1) is 11.7 Å². The Balaban J connectivity index is 2.26. The van der Waals surface area contributed by atoms with Crippen LogP contribution in [0.4, 0.5) is 15.9 Å². The van der Waals surface area contributed by atoms with Gasteiger partial charge in [0.25, 0.3) is 10.2 Å². The molecule has 0 spiro atoms. The molecule has 1 aromatic heterocycles. The summed E-state index contributed by atoms with van der Waals surface area (Å²) in [4.78, 5) is 4.53. The SMILES string of the molecule is CCC(C)C(=Nc1ccc(F)c(Cl)c1)c1nonc1NCCNS(N)(=O)=O. The average molecular weight is 419 g/mol. The van der Waals surface area contributed by atoms with Gasteiger partial charge in [0.05, 0.1) is 16.4 Å². The Labute approximate surface area is 161 Å². The first-order chi connectivity index (χ1) is 12.7. The fourth-order valence-electron chi connectivity index (χ4n) is 2.13. The van der Waals surface area contributed by atoms with E-state index in [9.17, 15) is 12.8 Å². The van der Waals surface area contributed by atoms with Crippen LogP contribution in [0.1, 0.15) is 26.0 Å². The summed E-state index contributed by atoms with van der Waals surface area (Å²) in [6.45, 7) is 4.18. The summed E-state index contributed by atoms with van der Waals surface area (Å²) >= 11 is 5.82. The summed E-state index contributed by atoms with van der Waals surface area (Å²) in [6, 6.07) is 4.14. The van der Waals surface area contributed by atoms with Crippen molar-refractivity contribution in [3.05, 3.63) is 34.7 Å². The van der Waals surface area contributed by atoms with Gasteiger partial charge in [-0.05, 0) is 34.9 Å². The molecule has 0 aliphatic carbocycles. The van der Waals surface area contributed by atoms with Crippen LogP contribution in [0.5, 0.6) is 0 Å². The van der Waals surface area contributed by atoms with Crippen LogP contribution in [0.15, 0.2) is 27.8 Å². The second-order valence-electron chi connectivity index (χ2n) is 5.73. The molecule has 2 rings (SSSR count). The van der Waals surface area contributed by atoms with Gasteiger partial charge in [0, 0.05) is 19.0 Å². The maximum absolute atomic E-state index is 13.4. The highest BCUT2D eigenvalue weighted by atomic mass is 35.5. The second kappa shape index (κ2) is 9.22. The Morgan fingerprint density at radius 2 is 2.15 bits per heavy atom. The van der Waals surface area contributed by atoms with Gasteiger partial charge in [-0.3, -0.25) is 4.99 Å². The van der Waals surface area contributed by atoms with Gasteiger partial charge in [-0.2, -0.15) is 8.42 Å². The highest BCUT2D eigenvalue weighted by Gasteiger charge is 2.21. The number of benzene rings is 1. The van der Waals surface area contributed by atoms with Crippen molar-refractivity contribution >= 4 is 39.0 Å². The Morgan fingerprint density at radius 1 is 1.41 bits per heavy atom. The molecule has 0 bridgehead atoms. The second-order valence-corrected chi connectivity index (χ2v) is 7.52. The molecule has 2 aromatic rings. The molecule has 0 radical (unpaired) electrons. The lowest BCUT2D eigenvalue weighted by atomic mass is 9.99. The van der Waals surface area contributed by atoms with Crippen LogP contribution in [0.2, 0.25) is 5.02 Å². The zero-order valence-electron chi connectivity index (χ0n) is 14.7. The van der Waals surface area contributed by atoms with E-state index < -0.39 is 16.0 Å². The predicted molar refractivity (Wildman–Crippen MR) is 101 cm³/mol. The number of nitrogens with zero attached hydrogens (tertiary/aromatic N) is 3. The first-order valence-corrected chi connectivity index (χ1v) is 10.0. The fourth-order valence-corrected chi connectivity index (χ4v) is 2.69. The number of halogens is 2. The van der Waals surface area contributed by atoms with E-state index in [0.717, 1.165) is 6.42 Å². The lowest BCUT2D eigenvalue weighted by Gasteiger charge is -2.12. The average Bonchev–Trinajstić information content (AvgIpc) is 3.06. The van der Waals surface area contributed by atoms with Gasteiger partial charge in [0.15, 0.2) is 11.5 Å². The topological polar surface area (TPSA) is 136 Å². The molecule has 0 fully saturated rings. The van der Waals surface area contributed by atoms with Crippen LogP contribution < -0.4 is 15.2 Å². The number of nitrogens with one attached hydrogen (secondary N) is 2. The summed E-state index contributed by atoms with van der Waals surface area (Å²) < 4.78 is 42.1. The normalized spacial score (nSPS) is 13.6. The van der Waals surface area contributed by atoms with E-state index in [4.69, 9.17) is 21.4 Å². The monoisotopic (exact) mass is 418 g/mol. The number of hydrogen-bond donors (Lipinski definition) is 3. The van der Waals surface area contributed by atoms with Crippen molar-refractivity contribution < 1.29 is 17.4 Å². The van der Waals surface area contributed by atoms with E-state index in [-0.39, 0.29) is 24.0 Å². The van der Waals surface area contributed by atoms with E-state index in [1.807, 2.05) is 13.8 Å². The quantitative estimate of drug-likeness (QED) is 0.422. The molecule has 12 heteroatoms. The summed E-state index contributed by atoms with van der Waals surface area (Å²) in [6.07, 6.45) is 0.757. The van der Waals surface area contributed by atoms with E-state index in [0.29, 0.717) is 22.9 Å². The summed E-state index contributed by atoms with van der Waals surface area (Å²) in [5.74, 6) is -0.240. The first-order valence-electron chi connectivity index (χ1n) is 8.09. The lowest BCUT2D eigenvalue weighted by Crippen LogP contribution is -2.34. The van der Waals surface area contributed by atoms with Crippen LogP contribution in [0.3, 0.4) is 0 Å². The minimum Gasteiger partial charge on any atom is -0.364 e. The molecule has 0 amide bonds. The first kappa shape index (κ1) is 21.2. The maximum atomic E-state index is 13.4. The van der Waals surface area contributed by atoms with Crippen LogP contribution in [0.25, 0.3) is 0 Å². The van der Waals surface area contributed by atoms with Crippen molar-refractivity contribution in [1.82, 2.24) is 15.0 Å². The molecule has 27 heavy (non-hydrogen) atoms. The molecule has 1 heterocycles. The minimum absolute atomic E-state index is 0.0103. The lowest BCUT2D eigenvalue weighted by molar-refractivity contribution is 0.307. The molecule has 1 atom stereocenters. The van der Waals surface area contributed by atoms with Gasteiger partial charge in [-0.25, -0.2) is 18.9 Å². The van der Waals surface area contributed by atoms with Gasteiger partial charge < -0.3 is 5.32 Å². The predicted octanol–water partition coefficient (Wildman–Crippen LogP) is 2.23. The van der Waals surface area contributed by atoms with Gasteiger partial charge in [0.1, 0.15) is 5.82 Å². The third-order valence-electron chi connectivity index (χ3n) is 3.68. The molecular formula is C15H20ClFN6O3S. The number of aromatic nitrogens is 2. The van der Waals surface area contributed by atoms with Gasteiger partial charge >= 0.3 is 0 Å². The molecule has 0 aliphatic heterocycles. The Morgan fingerprint density at radius 3 is 2.78 bits per heavy atom. The largest absolute Gasteiger partial charge is 0.364 e. The number of hydrogen-bond acceptors (Lipinski definition) is 7. The standard InChI is InChI=1S/C15H20ClFN6O3S/c1-3-9(2)13(21-10-4-5-12(17)11(16)8-10)14-15(23-26-22-14)19-6-7-20-27(18,24)25/h4-5,8-9,20H,3,6-7H2,1-2H3,(H,19,23)(H2,18,24,25). The van der Waals surface area contributed by atoms with E-state index in [1.165, 1.54) is 18.2 Å². The van der Waals surface area contributed by atoms with Crippen molar-refractivity contribution in [1.29, 1.82) is 0 Å². The van der Waals surface area contributed by atoms with E-state index in [2.05, 4.69) is 25.3 Å². The molecule has 0 saturated heterocycles. The highest BCUT2D eigenvalue weighted by Crippen LogP contribution is 2.25. The summed E-state index contributed by atoms with van der Waals surface area (Å²) in [7, 11) is -3.77. The van der Waals surface area contributed by atoms with Crippen molar-refractivity contribution in [2.75, 3.05) is 18.4 Å². The molecule has 4 N–H and O–H groups in total. The Kier molecular flexibility index (Phi) is 7.25. The van der Waals surface area contributed by atoms with E-state index >= 15 is 0 Å². The number of aliphatic imine (C=N–C) groups is 1. The molecule has 1 unspecified atom stereocenters. The fraction of sp³-hybridized carbons (Fsp3) is 0.400.